The highest BCUT2D eigenvalue weighted by Crippen LogP contribution is 2.21. The Morgan fingerprint density at radius 3 is 2.80 bits per heavy atom. The molecule has 7 nitrogen and oxygen atoms in total. The van der Waals surface area contributed by atoms with Crippen molar-refractivity contribution >= 4 is 11.7 Å². The summed E-state index contributed by atoms with van der Waals surface area (Å²) in [6.07, 6.45) is 11.3. The summed E-state index contributed by atoms with van der Waals surface area (Å²) < 4.78 is 1.91. The Hall–Kier alpha value is -2.44. The lowest BCUT2D eigenvalue weighted by Crippen LogP contribution is -2.34. The average Bonchev–Trinajstić information content (AvgIpc) is 2.88. The summed E-state index contributed by atoms with van der Waals surface area (Å²) in [6.45, 7) is 3.96. The Balaban J connectivity index is 1.52. The minimum absolute atomic E-state index is 0.180. The van der Waals surface area contributed by atoms with E-state index in [0.29, 0.717) is 12.5 Å². The number of aryl methyl sites for hydroxylation is 1. The Bertz CT molecular complexity index is 696. The minimum atomic E-state index is 0.180. The van der Waals surface area contributed by atoms with Gasteiger partial charge in [0, 0.05) is 32.5 Å². The lowest BCUT2D eigenvalue weighted by molar-refractivity contribution is -0.131. The van der Waals surface area contributed by atoms with Crippen LogP contribution >= 0.6 is 0 Å². The van der Waals surface area contributed by atoms with Crippen molar-refractivity contribution in [1.82, 2.24) is 24.4 Å². The molecule has 3 rings (SSSR count). The molecule has 0 aliphatic carbocycles. The van der Waals surface area contributed by atoms with Crippen molar-refractivity contribution in [1.29, 1.82) is 0 Å². The number of hydrogen-bond acceptors (Lipinski definition) is 5. The molecule has 0 aromatic carbocycles. The number of nitrogens with one attached hydrogen (secondary N) is 1. The van der Waals surface area contributed by atoms with Gasteiger partial charge in [0.1, 0.15) is 18.2 Å². The van der Waals surface area contributed by atoms with Crippen LogP contribution in [-0.2, 0) is 17.8 Å². The first kappa shape index (κ1) is 17.4. The van der Waals surface area contributed by atoms with E-state index >= 15 is 0 Å². The molecule has 25 heavy (non-hydrogen) atoms. The lowest BCUT2D eigenvalue weighted by Gasteiger charge is -2.21. The normalized spacial score (nSPS) is 18.0. The van der Waals surface area contributed by atoms with Crippen LogP contribution < -0.4 is 5.32 Å². The van der Waals surface area contributed by atoms with Crippen molar-refractivity contribution in [3.05, 3.63) is 36.3 Å². The van der Waals surface area contributed by atoms with Gasteiger partial charge in [-0.15, -0.1) is 0 Å². The topological polar surface area (TPSA) is 75.9 Å². The second kappa shape index (κ2) is 8.09. The van der Waals surface area contributed by atoms with Gasteiger partial charge < -0.3 is 14.8 Å². The van der Waals surface area contributed by atoms with Gasteiger partial charge in [-0.2, -0.15) is 0 Å². The number of imidazole rings is 1. The second-order valence-corrected chi connectivity index (χ2v) is 6.63. The molecule has 0 spiro atoms. The van der Waals surface area contributed by atoms with Gasteiger partial charge in [-0.1, -0.05) is 0 Å². The van der Waals surface area contributed by atoms with Crippen LogP contribution in [0.25, 0.3) is 0 Å². The fourth-order valence-corrected chi connectivity index (χ4v) is 3.32. The molecule has 1 saturated heterocycles. The third kappa shape index (κ3) is 4.55. The first-order valence-electron chi connectivity index (χ1n) is 8.90. The maximum absolute atomic E-state index is 12.6. The molecule has 2 aromatic rings. The number of nitrogens with zero attached hydrogens (tertiary/aromatic N) is 5. The number of rotatable bonds is 5. The van der Waals surface area contributed by atoms with Crippen molar-refractivity contribution in [3.8, 4) is 0 Å². The van der Waals surface area contributed by atoms with Crippen molar-refractivity contribution in [2.45, 2.75) is 39.2 Å². The highest BCUT2D eigenvalue weighted by atomic mass is 16.2. The van der Waals surface area contributed by atoms with Crippen LogP contribution in [0.4, 0.5) is 5.82 Å². The molecule has 0 saturated carbocycles. The van der Waals surface area contributed by atoms with E-state index in [0.717, 1.165) is 56.1 Å². The van der Waals surface area contributed by atoms with E-state index in [4.69, 9.17) is 0 Å². The number of aromatic nitrogens is 4. The highest BCUT2D eigenvalue weighted by Gasteiger charge is 2.21. The fraction of sp³-hybridized carbons (Fsp3) is 0.556. The average molecular weight is 342 g/mol. The zero-order valence-electron chi connectivity index (χ0n) is 15.0. The minimum Gasteiger partial charge on any atom is -0.372 e. The van der Waals surface area contributed by atoms with Crippen molar-refractivity contribution < 1.29 is 4.79 Å². The summed E-state index contributed by atoms with van der Waals surface area (Å²) in [5.41, 5.74) is 1.03. The molecular formula is C18H26N6O. The van der Waals surface area contributed by atoms with Crippen LogP contribution in [0, 0.1) is 12.8 Å². The van der Waals surface area contributed by atoms with E-state index in [-0.39, 0.29) is 5.91 Å². The molecular weight excluding hydrogens is 316 g/mol. The van der Waals surface area contributed by atoms with Crippen LogP contribution in [0.2, 0.25) is 0 Å². The summed E-state index contributed by atoms with van der Waals surface area (Å²) in [5.74, 6) is 2.41. The molecule has 1 amide bonds. The molecule has 7 heteroatoms. The summed E-state index contributed by atoms with van der Waals surface area (Å²) in [4.78, 5) is 27.5. The first-order valence-corrected chi connectivity index (χ1v) is 8.90. The summed E-state index contributed by atoms with van der Waals surface area (Å²) in [7, 11) is 1.84. The van der Waals surface area contributed by atoms with Gasteiger partial charge in [0.15, 0.2) is 0 Å². The van der Waals surface area contributed by atoms with Crippen LogP contribution in [-0.4, -0.2) is 50.5 Å². The van der Waals surface area contributed by atoms with Gasteiger partial charge >= 0.3 is 0 Å². The van der Waals surface area contributed by atoms with E-state index in [9.17, 15) is 4.79 Å². The Morgan fingerprint density at radius 2 is 2.12 bits per heavy atom. The molecule has 0 radical (unpaired) electrons. The molecule has 1 aliphatic heterocycles. The standard InChI is InChI=1S/C18H26N6O/c1-14-20-6-9-24(14)13-18(25)23-7-3-4-15(5-8-23)10-16-11-22-17(19-2)12-21-16/h6,9,11-12,15H,3-5,7-8,10,13H2,1-2H3,(H,19,22)/t15-/m0/s1. The molecule has 1 aliphatic rings. The van der Waals surface area contributed by atoms with E-state index in [1.54, 1.807) is 12.4 Å². The third-order valence-electron chi connectivity index (χ3n) is 4.89. The van der Waals surface area contributed by atoms with Gasteiger partial charge in [0.2, 0.25) is 5.91 Å². The SMILES string of the molecule is CNc1cnc(C[C@H]2CCCN(C(=O)Cn3ccnc3C)CC2)cn1. The number of anilines is 1. The van der Waals surface area contributed by atoms with Crippen molar-refractivity contribution in [2.75, 3.05) is 25.5 Å². The number of carbonyl (C=O) groups excluding carboxylic acids is 1. The molecule has 0 bridgehead atoms. The van der Waals surface area contributed by atoms with Crippen LogP contribution in [0.3, 0.4) is 0 Å². The maximum Gasteiger partial charge on any atom is 0.242 e. The number of hydrogen-bond donors (Lipinski definition) is 1. The van der Waals surface area contributed by atoms with Crippen molar-refractivity contribution in [3.63, 3.8) is 0 Å². The van der Waals surface area contributed by atoms with E-state index < -0.39 is 0 Å². The number of carbonyl (C=O) groups is 1. The van der Waals surface area contributed by atoms with E-state index in [1.807, 2.05) is 35.8 Å². The van der Waals surface area contributed by atoms with Gasteiger partial charge in [-0.05, 0) is 38.5 Å². The summed E-state index contributed by atoms with van der Waals surface area (Å²) in [6, 6.07) is 0. The van der Waals surface area contributed by atoms with E-state index in [2.05, 4.69) is 20.3 Å². The second-order valence-electron chi connectivity index (χ2n) is 6.63. The monoisotopic (exact) mass is 342 g/mol. The Morgan fingerprint density at radius 1 is 1.24 bits per heavy atom. The molecule has 1 fully saturated rings. The smallest absolute Gasteiger partial charge is 0.242 e. The molecule has 1 N–H and O–H groups in total. The van der Waals surface area contributed by atoms with Crippen LogP contribution in [0.5, 0.6) is 0 Å². The Kier molecular flexibility index (Phi) is 5.63. The predicted octanol–water partition coefficient (Wildman–Crippen LogP) is 1.89. The van der Waals surface area contributed by atoms with Crippen LogP contribution in [0.1, 0.15) is 30.8 Å². The molecule has 0 unspecified atom stereocenters. The highest BCUT2D eigenvalue weighted by molar-refractivity contribution is 5.76. The first-order chi connectivity index (χ1) is 12.2. The quantitative estimate of drug-likeness (QED) is 0.898. The van der Waals surface area contributed by atoms with Gasteiger partial charge in [0.25, 0.3) is 0 Å². The number of amides is 1. The van der Waals surface area contributed by atoms with Crippen LogP contribution in [0.15, 0.2) is 24.8 Å². The maximum atomic E-state index is 12.6. The molecule has 2 aromatic heterocycles. The van der Waals surface area contributed by atoms with Gasteiger partial charge in [-0.25, -0.2) is 9.97 Å². The molecule has 134 valence electrons. The number of likely N-dealkylation sites (tertiary alicyclic amines) is 1. The zero-order valence-corrected chi connectivity index (χ0v) is 15.0. The Labute approximate surface area is 148 Å². The summed E-state index contributed by atoms with van der Waals surface area (Å²) in [5, 5.41) is 2.98. The summed E-state index contributed by atoms with van der Waals surface area (Å²) >= 11 is 0. The predicted molar refractivity (Wildman–Crippen MR) is 96.2 cm³/mol. The van der Waals surface area contributed by atoms with Crippen molar-refractivity contribution in [2.24, 2.45) is 5.92 Å². The third-order valence-corrected chi connectivity index (χ3v) is 4.89. The van der Waals surface area contributed by atoms with E-state index in [1.165, 1.54) is 0 Å². The van der Waals surface area contributed by atoms with Gasteiger partial charge in [0.05, 0.1) is 18.1 Å². The van der Waals surface area contributed by atoms with Gasteiger partial charge in [-0.3, -0.25) is 9.78 Å². The fourth-order valence-electron chi connectivity index (χ4n) is 3.32. The largest absolute Gasteiger partial charge is 0.372 e. The molecule has 3 heterocycles. The zero-order chi connectivity index (χ0) is 17.6. The molecule has 1 atom stereocenters. The lowest BCUT2D eigenvalue weighted by atomic mass is 9.95.